The number of rotatable bonds is 8. The van der Waals surface area contributed by atoms with Gasteiger partial charge in [0, 0.05) is 0 Å². The van der Waals surface area contributed by atoms with E-state index in [9.17, 15) is 0 Å². The molecule has 416 valence electrons. The molecule has 19 aromatic rings. The largest absolute Gasteiger partial charge is 0.0622 e. The molecule has 0 aliphatic heterocycles. The van der Waals surface area contributed by atoms with Crippen molar-refractivity contribution in [1.82, 2.24) is 0 Å². The summed E-state index contributed by atoms with van der Waals surface area (Å²) in [6.45, 7) is 18.8. The van der Waals surface area contributed by atoms with Gasteiger partial charge >= 0.3 is 0 Å². The van der Waals surface area contributed by atoms with E-state index in [1.54, 1.807) is 0 Å². The maximum atomic E-state index is 2.56. The molecule has 0 nitrogen and oxygen atoms in total. The van der Waals surface area contributed by atoms with Crippen LogP contribution in [0.15, 0.2) is 218 Å². The van der Waals surface area contributed by atoms with E-state index < -0.39 is 0 Å². The number of hydrogen-bond donors (Lipinski definition) is 0. The summed E-state index contributed by atoms with van der Waals surface area (Å²) in [5.41, 5.74) is 16.3. The molecule has 88 heavy (non-hydrogen) atoms. The van der Waals surface area contributed by atoms with Crippen molar-refractivity contribution >= 4 is 151 Å². The van der Waals surface area contributed by atoms with Crippen LogP contribution < -0.4 is 0 Å². The highest BCUT2D eigenvalue weighted by Gasteiger charge is 2.31. The van der Waals surface area contributed by atoms with Gasteiger partial charge in [0.15, 0.2) is 0 Å². The number of benzene rings is 15. The summed E-state index contributed by atoms with van der Waals surface area (Å²) in [7, 11) is 0. The first kappa shape index (κ1) is 50.3. The fourth-order valence-corrected chi connectivity index (χ4v) is 17.7. The van der Waals surface area contributed by atoms with Gasteiger partial charge in [0.1, 0.15) is 0 Å². The number of hydrogen-bond acceptors (Lipinski definition) is 0. The molecule has 0 N–H and O–H groups in total. The van der Waals surface area contributed by atoms with Gasteiger partial charge in [0.25, 0.3) is 0 Å². The second-order valence-electron chi connectivity index (χ2n) is 27.1. The van der Waals surface area contributed by atoms with E-state index in [4.69, 9.17) is 0 Å². The quantitative estimate of drug-likeness (QED) is 0.105. The van der Waals surface area contributed by atoms with Gasteiger partial charge in [0.05, 0.1) is 0 Å². The van der Waals surface area contributed by atoms with Gasteiger partial charge in [-0.25, -0.2) is 0 Å². The van der Waals surface area contributed by atoms with Crippen LogP contribution in [0.4, 0.5) is 0 Å². The van der Waals surface area contributed by atoms with Crippen molar-refractivity contribution in [3.05, 3.63) is 241 Å². The molecule has 19 rings (SSSR count). The highest BCUT2D eigenvalue weighted by molar-refractivity contribution is 6.52. The van der Waals surface area contributed by atoms with Crippen molar-refractivity contribution in [1.29, 1.82) is 0 Å². The first-order valence-electron chi connectivity index (χ1n) is 32.2. The molecule has 0 atom stereocenters. The van der Waals surface area contributed by atoms with E-state index in [2.05, 4.69) is 274 Å². The molecule has 0 spiro atoms. The standard InChI is InChI=1S/C88H64/c1-45(2)53-26-17-27-54(46(3)4)73(53)51-42-52-44-72-65-33-32-61-63-36-40-69-82-70(41-37-64(80(63)82)62-35-39-68(81(65)79(61)62)83(72)84-58-25-16-15-24-57(58)71(43-51)74(52)84)88-76(50-22-13-10-14-23-50)86-67-38-34-60(77-55(47(5)6)28-18-29-56(77)48(7)8)59-30-19-31-66(78(59)67)85(86)75(87(69)88)49-20-11-9-12-21-49/h9-48H,1-8H3. The third-order valence-corrected chi connectivity index (χ3v) is 21.2. The lowest BCUT2D eigenvalue weighted by Crippen LogP contribution is -2.00. The molecular weight excluding hydrogens is 1060 g/mol. The first-order valence-corrected chi connectivity index (χ1v) is 32.2. The third-order valence-electron chi connectivity index (χ3n) is 21.2. The Morgan fingerprint density at radius 3 is 1.05 bits per heavy atom. The molecule has 0 aromatic heterocycles. The van der Waals surface area contributed by atoms with E-state index in [1.807, 2.05) is 0 Å². The van der Waals surface area contributed by atoms with Crippen molar-refractivity contribution in [2.75, 3.05) is 0 Å². The topological polar surface area (TPSA) is 0 Å². The average Bonchev–Trinajstić information content (AvgIpc) is 1.49. The van der Waals surface area contributed by atoms with Crippen LogP contribution in [0, 0.1) is 0 Å². The van der Waals surface area contributed by atoms with Crippen LogP contribution in [0.25, 0.3) is 195 Å². The molecular formula is C88H64. The van der Waals surface area contributed by atoms with Gasteiger partial charge in [-0.2, -0.15) is 0 Å². The smallest absolute Gasteiger partial charge is 0.000717 e. The second kappa shape index (κ2) is 17.9. The molecule has 0 radical (unpaired) electrons. The predicted octanol–water partition coefficient (Wildman–Crippen LogP) is 26.2. The summed E-state index contributed by atoms with van der Waals surface area (Å²) in [4.78, 5) is 0. The van der Waals surface area contributed by atoms with Gasteiger partial charge in [-0.15, -0.1) is 0 Å². The average molecular weight is 1120 g/mol. The predicted molar refractivity (Wildman–Crippen MR) is 386 cm³/mol. The van der Waals surface area contributed by atoms with Crippen molar-refractivity contribution < 1.29 is 0 Å². The highest BCUT2D eigenvalue weighted by Crippen LogP contribution is 2.59. The third kappa shape index (κ3) is 6.35. The van der Waals surface area contributed by atoms with E-state index in [1.165, 1.54) is 218 Å². The summed E-state index contributed by atoms with van der Waals surface area (Å²) in [6.07, 6.45) is 0. The lowest BCUT2D eigenvalue weighted by molar-refractivity contribution is 0.838. The Bertz CT molecular complexity index is 5930. The van der Waals surface area contributed by atoms with Crippen molar-refractivity contribution in [3.8, 4) is 44.5 Å². The van der Waals surface area contributed by atoms with Crippen LogP contribution in [-0.4, -0.2) is 0 Å². The van der Waals surface area contributed by atoms with Gasteiger partial charge in [-0.1, -0.05) is 256 Å². The zero-order valence-corrected chi connectivity index (χ0v) is 51.1. The van der Waals surface area contributed by atoms with Gasteiger partial charge in [0.2, 0.25) is 0 Å². The molecule has 0 saturated heterocycles. The normalized spacial score (nSPS) is 13.0. The Balaban J connectivity index is 0.933. The van der Waals surface area contributed by atoms with Crippen LogP contribution in [0.3, 0.4) is 0 Å². The van der Waals surface area contributed by atoms with Gasteiger partial charge in [-0.05, 0) is 259 Å². The Morgan fingerprint density at radius 1 is 0.182 bits per heavy atom. The monoisotopic (exact) mass is 1120 g/mol. The second-order valence-corrected chi connectivity index (χ2v) is 27.1. The minimum Gasteiger partial charge on any atom is -0.0622 e. The zero-order chi connectivity index (χ0) is 58.9. The molecule has 0 heteroatoms. The molecule has 0 heterocycles. The molecule has 19 aromatic carbocycles. The summed E-state index contributed by atoms with van der Waals surface area (Å²) < 4.78 is 0. The molecule has 0 unspecified atom stereocenters. The van der Waals surface area contributed by atoms with Gasteiger partial charge in [-0.3, -0.25) is 0 Å². The van der Waals surface area contributed by atoms with Crippen molar-refractivity contribution in [3.63, 3.8) is 0 Å². The van der Waals surface area contributed by atoms with Crippen LogP contribution in [0.2, 0.25) is 0 Å². The Morgan fingerprint density at radius 2 is 0.523 bits per heavy atom. The van der Waals surface area contributed by atoms with Crippen molar-refractivity contribution in [2.45, 2.75) is 79.1 Å². The summed E-state index contributed by atoms with van der Waals surface area (Å²) >= 11 is 0. The molecule has 0 saturated carbocycles. The van der Waals surface area contributed by atoms with E-state index in [0.29, 0.717) is 23.7 Å². The minimum absolute atomic E-state index is 0.382. The SMILES string of the molecule is CC(C)c1cccc(C(C)C)c1-c1cc2cc3c4ccc5c6ccc7c8c(-c9ccccc9)c9c%10cccc%11c(-c%12c(C(C)C)cccc%12C(C)C)ccc(c9c(-c9ccccc9)c8c8ccc(c9ccc(c4c59)c3c3c4ccccc4c(c1)c23)c6c78)c%11%10. The van der Waals surface area contributed by atoms with Gasteiger partial charge < -0.3 is 0 Å². The lowest BCUT2D eigenvalue weighted by atomic mass is 9.83. The summed E-state index contributed by atoms with van der Waals surface area (Å²) in [6, 6.07) is 85.6. The number of fused-ring (bicyclic) bond motifs is 15. The van der Waals surface area contributed by atoms with Crippen LogP contribution >= 0.6 is 0 Å². The minimum atomic E-state index is 0.382. The Hall–Kier alpha value is -9.88. The van der Waals surface area contributed by atoms with Crippen molar-refractivity contribution in [2.24, 2.45) is 0 Å². The maximum absolute atomic E-state index is 2.56. The lowest BCUT2D eigenvalue weighted by Gasteiger charge is -2.21. The van der Waals surface area contributed by atoms with Crippen LogP contribution in [0.1, 0.15) is 101 Å². The van der Waals surface area contributed by atoms with E-state index >= 15 is 0 Å². The molecule has 0 aliphatic carbocycles. The fraction of sp³-hybridized carbons (Fsp3) is 0.136. The highest BCUT2D eigenvalue weighted by atomic mass is 14.3. The van der Waals surface area contributed by atoms with E-state index in [0.717, 1.165) is 0 Å². The van der Waals surface area contributed by atoms with E-state index in [-0.39, 0.29) is 0 Å². The maximum Gasteiger partial charge on any atom is -0.000717 e. The molecule has 0 bridgehead atoms. The summed E-state index contributed by atoms with van der Waals surface area (Å²) in [5.74, 6) is 1.57. The molecule has 0 amide bonds. The molecule has 0 fully saturated rings. The van der Waals surface area contributed by atoms with Crippen LogP contribution in [-0.2, 0) is 0 Å². The Labute approximate surface area is 511 Å². The fourth-order valence-electron chi connectivity index (χ4n) is 17.7. The van der Waals surface area contributed by atoms with Crippen LogP contribution in [0.5, 0.6) is 0 Å². The Kier molecular flexibility index (Phi) is 10.2. The first-order chi connectivity index (χ1) is 43.0. The summed E-state index contributed by atoms with van der Waals surface area (Å²) in [5, 5.41) is 37.7. The zero-order valence-electron chi connectivity index (χ0n) is 51.1. The molecule has 0 aliphatic rings.